The molecule has 3 nitrogen and oxygen atoms in total. The minimum absolute atomic E-state index is 0.116. The van der Waals surface area contributed by atoms with Crippen LogP contribution in [0.2, 0.25) is 10.0 Å². The lowest BCUT2D eigenvalue weighted by molar-refractivity contribution is 0.0518. The third-order valence-electron chi connectivity index (χ3n) is 1.63. The zero-order valence-electron chi connectivity index (χ0n) is 8.14. The predicted octanol–water partition coefficient (Wildman–Crippen LogP) is 3.50. The van der Waals surface area contributed by atoms with E-state index in [0.717, 1.165) is 6.07 Å². The van der Waals surface area contributed by atoms with Crippen LogP contribution in [0.15, 0.2) is 6.07 Å². The highest BCUT2D eigenvalue weighted by Crippen LogP contribution is 2.31. The highest BCUT2D eigenvalue weighted by molar-refractivity contribution is 6.42. The Bertz CT molecular complexity index is 413. The molecule has 0 N–H and O–H groups in total. The lowest BCUT2D eigenvalue weighted by Crippen LogP contribution is -2.09. The van der Waals surface area contributed by atoms with Crippen LogP contribution in [0.3, 0.4) is 0 Å². The summed E-state index contributed by atoms with van der Waals surface area (Å²) in [5.41, 5.74) is -1.01. The molecule has 0 radical (unpaired) electrons. The standard InChI is InChI=1S/C9H7Cl2F2NO2/c1-2-16-9(15)5-3-4(10)6(11)7(14-5)8(12)13/h3,8H,2H2,1H3. The molecule has 0 atom stereocenters. The van der Waals surface area contributed by atoms with Gasteiger partial charge in [0.05, 0.1) is 16.7 Å². The van der Waals surface area contributed by atoms with Gasteiger partial charge in [-0.25, -0.2) is 18.6 Å². The number of rotatable bonds is 3. The van der Waals surface area contributed by atoms with Gasteiger partial charge in [0.2, 0.25) is 0 Å². The van der Waals surface area contributed by atoms with Gasteiger partial charge in [-0.05, 0) is 13.0 Å². The van der Waals surface area contributed by atoms with E-state index in [9.17, 15) is 13.6 Å². The normalized spacial score (nSPS) is 10.6. The van der Waals surface area contributed by atoms with Gasteiger partial charge in [-0.1, -0.05) is 23.2 Å². The summed E-state index contributed by atoms with van der Waals surface area (Å²) >= 11 is 11.1. The Morgan fingerprint density at radius 3 is 2.69 bits per heavy atom. The fourth-order valence-electron chi connectivity index (χ4n) is 0.971. The molecule has 0 saturated carbocycles. The van der Waals surface area contributed by atoms with Gasteiger partial charge in [-0.15, -0.1) is 0 Å². The van der Waals surface area contributed by atoms with Crippen LogP contribution in [-0.4, -0.2) is 17.6 Å². The second kappa shape index (κ2) is 5.41. The van der Waals surface area contributed by atoms with Crippen molar-refractivity contribution in [3.63, 3.8) is 0 Å². The summed E-state index contributed by atoms with van der Waals surface area (Å²) in [6.07, 6.45) is -2.90. The maximum Gasteiger partial charge on any atom is 0.356 e. The SMILES string of the molecule is CCOC(=O)c1cc(Cl)c(Cl)c(C(F)F)n1. The molecular formula is C9H7Cl2F2NO2. The van der Waals surface area contributed by atoms with Gasteiger partial charge in [-0.3, -0.25) is 0 Å². The van der Waals surface area contributed by atoms with Crippen molar-refractivity contribution in [3.05, 3.63) is 27.5 Å². The molecule has 0 aromatic carbocycles. The first kappa shape index (κ1) is 13.1. The Morgan fingerprint density at radius 1 is 1.56 bits per heavy atom. The number of pyridine rings is 1. The van der Waals surface area contributed by atoms with Crippen molar-refractivity contribution in [1.82, 2.24) is 4.98 Å². The molecule has 1 heterocycles. The van der Waals surface area contributed by atoms with E-state index in [4.69, 9.17) is 23.2 Å². The van der Waals surface area contributed by atoms with E-state index in [0.29, 0.717) is 0 Å². The maximum atomic E-state index is 12.5. The maximum absolute atomic E-state index is 12.5. The van der Waals surface area contributed by atoms with Crippen molar-refractivity contribution >= 4 is 29.2 Å². The highest BCUT2D eigenvalue weighted by Gasteiger charge is 2.21. The zero-order chi connectivity index (χ0) is 12.3. The second-order valence-corrected chi connectivity index (χ2v) is 3.49. The number of hydrogen-bond donors (Lipinski definition) is 0. The largest absolute Gasteiger partial charge is 0.461 e. The predicted molar refractivity (Wildman–Crippen MR) is 55.2 cm³/mol. The summed E-state index contributed by atoms with van der Waals surface area (Å²) in [6.45, 7) is 1.70. The number of halogens is 4. The molecule has 1 rings (SSSR count). The topological polar surface area (TPSA) is 39.2 Å². The van der Waals surface area contributed by atoms with Gasteiger partial charge in [-0.2, -0.15) is 0 Å². The summed E-state index contributed by atoms with van der Waals surface area (Å²) in [5.74, 6) is -0.817. The molecule has 1 aromatic rings. The molecular weight excluding hydrogens is 263 g/mol. The van der Waals surface area contributed by atoms with E-state index in [2.05, 4.69) is 9.72 Å². The third-order valence-corrected chi connectivity index (χ3v) is 2.42. The third kappa shape index (κ3) is 2.80. The Morgan fingerprint density at radius 2 is 2.19 bits per heavy atom. The monoisotopic (exact) mass is 269 g/mol. The summed E-state index contributed by atoms with van der Waals surface area (Å²) in [7, 11) is 0. The summed E-state index contributed by atoms with van der Waals surface area (Å²) in [6, 6.07) is 1.09. The average molecular weight is 270 g/mol. The Labute approximate surface area is 100 Å². The van der Waals surface area contributed by atoms with Crippen molar-refractivity contribution in [2.24, 2.45) is 0 Å². The van der Waals surface area contributed by atoms with Crippen molar-refractivity contribution in [2.75, 3.05) is 6.61 Å². The van der Waals surface area contributed by atoms with Gasteiger partial charge < -0.3 is 4.74 Å². The number of ether oxygens (including phenoxy) is 1. The van der Waals surface area contributed by atoms with Crippen molar-refractivity contribution in [1.29, 1.82) is 0 Å². The lowest BCUT2D eigenvalue weighted by atomic mass is 10.3. The molecule has 16 heavy (non-hydrogen) atoms. The first-order chi connectivity index (χ1) is 7.47. The molecule has 0 aliphatic heterocycles. The summed E-state index contributed by atoms with van der Waals surface area (Å²) in [4.78, 5) is 14.7. The zero-order valence-corrected chi connectivity index (χ0v) is 9.65. The average Bonchev–Trinajstić information content (AvgIpc) is 2.21. The fraction of sp³-hybridized carbons (Fsp3) is 0.333. The Kier molecular flexibility index (Phi) is 4.44. The lowest BCUT2D eigenvalue weighted by Gasteiger charge is -2.07. The van der Waals surface area contributed by atoms with E-state index >= 15 is 0 Å². The van der Waals surface area contributed by atoms with Crippen LogP contribution in [0, 0.1) is 0 Å². The van der Waals surface area contributed by atoms with Crippen LogP contribution in [-0.2, 0) is 4.74 Å². The molecule has 0 amide bonds. The molecule has 1 aromatic heterocycles. The van der Waals surface area contributed by atoms with Gasteiger partial charge in [0, 0.05) is 0 Å². The molecule has 0 bridgehead atoms. The fourth-order valence-corrected chi connectivity index (χ4v) is 1.35. The van der Waals surface area contributed by atoms with E-state index in [1.807, 2.05) is 0 Å². The van der Waals surface area contributed by atoms with E-state index in [1.165, 1.54) is 0 Å². The molecule has 0 aliphatic rings. The number of nitrogens with zero attached hydrogens (tertiary/aromatic N) is 1. The number of aromatic nitrogens is 1. The summed E-state index contributed by atoms with van der Waals surface area (Å²) < 4.78 is 29.6. The molecule has 7 heteroatoms. The number of carbonyl (C=O) groups excluding carboxylic acids is 1. The molecule has 0 saturated heterocycles. The van der Waals surface area contributed by atoms with E-state index in [-0.39, 0.29) is 22.3 Å². The first-order valence-corrected chi connectivity index (χ1v) is 5.04. The second-order valence-electron chi connectivity index (χ2n) is 2.71. The molecule has 0 spiro atoms. The smallest absolute Gasteiger partial charge is 0.356 e. The van der Waals surface area contributed by atoms with Crippen LogP contribution in [0.4, 0.5) is 8.78 Å². The number of esters is 1. The van der Waals surface area contributed by atoms with Gasteiger partial charge >= 0.3 is 5.97 Å². The van der Waals surface area contributed by atoms with Crippen LogP contribution >= 0.6 is 23.2 Å². The molecule has 0 aliphatic carbocycles. The Balaban J connectivity index is 3.18. The first-order valence-electron chi connectivity index (χ1n) is 4.28. The van der Waals surface area contributed by atoms with Crippen LogP contribution in [0.1, 0.15) is 29.5 Å². The number of alkyl halides is 2. The Hall–Kier alpha value is -0.940. The molecule has 0 unspecified atom stereocenters. The molecule has 88 valence electrons. The number of hydrogen-bond acceptors (Lipinski definition) is 3. The van der Waals surface area contributed by atoms with Crippen molar-refractivity contribution < 1.29 is 18.3 Å². The van der Waals surface area contributed by atoms with Crippen LogP contribution < -0.4 is 0 Å². The number of carbonyl (C=O) groups is 1. The van der Waals surface area contributed by atoms with Crippen LogP contribution in [0.25, 0.3) is 0 Å². The minimum atomic E-state index is -2.90. The van der Waals surface area contributed by atoms with E-state index < -0.39 is 18.1 Å². The van der Waals surface area contributed by atoms with Gasteiger partial charge in [0.15, 0.2) is 5.69 Å². The minimum Gasteiger partial charge on any atom is -0.461 e. The van der Waals surface area contributed by atoms with Crippen molar-refractivity contribution in [2.45, 2.75) is 13.3 Å². The van der Waals surface area contributed by atoms with Crippen molar-refractivity contribution in [3.8, 4) is 0 Å². The quantitative estimate of drug-likeness (QED) is 0.789. The van der Waals surface area contributed by atoms with Gasteiger partial charge in [0.1, 0.15) is 5.69 Å². The highest BCUT2D eigenvalue weighted by atomic mass is 35.5. The van der Waals surface area contributed by atoms with E-state index in [1.54, 1.807) is 6.92 Å². The molecule has 0 fully saturated rings. The van der Waals surface area contributed by atoms with Gasteiger partial charge in [0.25, 0.3) is 6.43 Å². The van der Waals surface area contributed by atoms with Crippen LogP contribution in [0.5, 0.6) is 0 Å². The summed E-state index contributed by atoms with van der Waals surface area (Å²) in [5, 5.41) is -0.514.